The number of likely N-dealkylation sites (tertiary alicyclic amines) is 2. The monoisotopic (exact) mass is 240 g/mol. The highest BCUT2D eigenvalue weighted by Crippen LogP contribution is 2.21. The number of amides is 2. The van der Waals surface area contributed by atoms with Crippen LogP contribution in [-0.2, 0) is 9.59 Å². The molecule has 0 radical (unpaired) electrons. The predicted molar refractivity (Wildman–Crippen MR) is 62.3 cm³/mol. The molecule has 2 saturated heterocycles. The van der Waals surface area contributed by atoms with Gasteiger partial charge in [-0.1, -0.05) is 0 Å². The number of rotatable bonds is 2. The molecule has 0 spiro atoms. The van der Waals surface area contributed by atoms with Crippen molar-refractivity contribution in [1.82, 2.24) is 9.80 Å². The summed E-state index contributed by atoms with van der Waals surface area (Å²) in [7, 11) is 0. The van der Waals surface area contributed by atoms with E-state index in [0.717, 1.165) is 6.42 Å². The van der Waals surface area contributed by atoms with Gasteiger partial charge in [-0.3, -0.25) is 9.59 Å². The van der Waals surface area contributed by atoms with E-state index < -0.39 is 5.60 Å². The maximum Gasteiger partial charge on any atom is 0.242 e. The van der Waals surface area contributed by atoms with Gasteiger partial charge in [-0.2, -0.15) is 0 Å². The van der Waals surface area contributed by atoms with E-state index in [1.54, 1.807) is 16.7 Å². The lowest BCUT2D eigenvalue weighted by atomic mass is 9.94. The molecule has 2 rings (SSSR count). The van der Waals surface area contributed by atoms with Crippen molar-refractivity contribution < 1.29 is 14.7 Å². The van der Waals surface area contributed by atoms with Crippen molar-refractivity contribution in [2.45, 2.75) is 38.2 Å². The molecule has 0 aromatic heterocycles. The Hall–Kier alpha value is -1.10. The summed E-state index contributed by atoms with van der Waals surface area (Å²) in [5.41, 5.74) is -0.639. The Morgan fingerprint density at radius 2 is 2.00 bits per heavy atom. The van der Waals surface area contributed by atoms with E-state index in [2.05, 4.69) is 0 Å². The summed E-state index contributed by atoms with van der Waals surface area (Å²) >= 11 is 0. The van der Waals surface area contributed by atoms with Crippen LogP contribution in [0.1, 0.15) is 32.6 Å². The van der Waals surface area contributed by atoms with Gasteiger partial charge in [0.05, 0.1) is 12.1 Å². The van der Waals surface area contributed by atoms with Crippen LogP contribution in [0.4, 0.5) is 0 Å². The Morgan fingerprint density at radius 1 is 1.35 bits per heavy atom. The molecule has 2 amide bonds. The van der Waals surface area contributed by atoms with Gasteiger partial charge in [0.15, 0.2) is 0 Å². The molecule has 96 valence electrons. The maximum atomic E-state index is 12.0. The smallest absolute Gasteiger partial charge is 0.242 e. The van der Waals surface area contributed by atoms with Crippen molar-refractivity contribution in [3.63, 3.8) is 0 Å². The molecule has 0 aromatic rings. The molecule has 0 unspecified atom stereocenters. The predicted octanol–water partition coefficient (Wildman–Crippen LogP) is -0.0178. The average Bonchev–Trinajstić information content (AvgIpc) is 2.64. The Morgan fingerprint density at radius 3 is 2.53 bits per heavy atom. The highest BCUT2D eigenvalue weighted by atomic mass is 16.3. The standard InChI is InChI=1S/C12H20N2O3/c1-12(17)4-7-13(8-5-12)11(16)9-14-6-2-3-10(14)15/h17H,2-9H2,1H3. The zero-order valence-electron chi connectivity index (χ0n) is 10.3. The lowest BCUT2D eigenvalue weighted by molar-refractivity contribution is -0.140. The second-order valence-electron chi connectivity index (χ2n) is 5.30. The average molecular weight is 240 g/mol. The van der Waals surface area contributed by atoms with E-state index in [1.807, 2.05) is 0 Å². The first-order valence-electron chi connectivity index (χ1n) is 6.26. The number of piperidine rings is 1. The zero-order chi connectivity index (χ0) is 12.5. The fraction of sp³-hybridized carbons (Fsp3) is 0.833. The van der Waals surface area contributed by atoms with E-state index in [9.17, 15) is 14.7 Å². The van der Waals surface area contributed by atoms with E-state index in [4.69, 9.17) is 0 Å². The molecule has 0 bridgehead atoms. The minimum Gasteiger partial charge on any atom is -0.390 e. The van der Waals surface area contributed by atoms with Gasteiger partial charge in [-0.15, -0.1) is 0 Å². The maximum absolute atomic E-state index is 12.0. The molecular weight excluding hydrogens is 220 g/mol. The quantitative estimate of drug-likeness (QED) is 0.738. The largest absolute Gasteiger partial charge is 0.390 e. The molecule has 5 nitrogen and oxygen atoms in total. The first-order chi connectivity index (χ1) is 7.98. The zero-order valence-corrected chi connectivity index (χ0v) is 10.3. The van der Waals surface area contributed by atoms with Gasteiger partial charge in [-0.05, 0) is 26.2 Å². The van der Waals surface area contributed by atoms with Crippen LogP contribution in [-0.4, -0.2) is 58.5 Å². The third-order valence-electron chi connectivity index (χ3n) is 3.69. The third kappa shape index (κ3) is 2.97. The van der Waals surface area contributed by atoms with Crippen LogP contribution >= 0.6 is 0 Å². The van der Waals surface area contributed by atoms with Gasteiger partial charge in [0.2, 0.25) is 11.8 Å². The number of nitrogens with zero attached hydrogens (tertiary/aromatic N) is 2. The molecule has 2 aliphatic heterocycles. The summed E-state index contributed by atoms with van der Waals surface area (Å²) in [4.78, 5) is 26.8. The Balaban J connectivity index is 1.83. The van der Waals surface area contributed by atoms with E-state index in [0.29, 0.717) is 38.9 Å². The van der Waals surface area contributed by atoms with Gasteiger partial charge >= 0.3 is 0 Å². The molecule has 2 fully saturated rings. The minimum atomic E-state index is -0.639. The van der Waals surface area contributed by atoms with Gasteiger partial charge in [0, 0.05) is 26.1 Å². The lowest BCUT2D eigenvalue weighted by Gasteiger charge is -2.36. The number of hydrogen-bond donors (Lipinski definition) is 1. The van der Waals surface area contributed by atoms with Crippen molar-refractivity contribution in [1.29, 1.82) is 0 Å². The number of hydrogen-bond acceptors (Lipinski definition) is 3. The van der Waals surface area contributed by atoms with E-state index in [-0.39, 0.29) is 18.4 Å². The SMILES string of the molecule is CC1(O)CCN(C(=O)CN2CCCC2=O)CC1. The van der Waals surface area contributed by atoms with Crippen molar-refractivity contribution in [2.75, 3.05) is 26.2 Å². The molecule has 2 aliphatic rings. The van der Waals surface area contributed by atoms with Gasteiger partial charge in [0.25, 0.3) is 0 Å². The number of carbonyl (C=O) groups excluding carboxylic acids is 2. The topological polar surface area (TPSA) is 60.9 Å². The fourth-order valence-corrected chi connectivity index (χ4v) is 2.37. The van der Waals surface area contributed by atoms with Crippen molar-refractivity contribution >= 4 is 11.8 Å². The highest BCUT2D eigenvalue weighted by Gasteiger charge is 2.31. The van der Waals surface area contributed by atoms with Crippen molar-refractivity contribution in [3.8, 4) is 0 Å². The summed E-state index contributed by atoms with van der Waals surface area (Å²) < 4.78 is 0. The van der Waals surface area contributed by atoms with E-state index in [1.165, 1.54) is 0 Å². The first kappa shape index (κ1) is 12.4. The molecule has 17 heavy (non-hydrogen) atoms. The first-order valence-corrected chi connectivity index (χ1v) is 6.26. The molecule has 1 N–H and O–H groups in total. The minimum absolute atomic E-state index is 0.00995. The normalized spacial score (nSPS) is 24.2. The lowest BCUT2D eigenvalue weighted by Crippen LogP contribution is -2.48. The van der Waals surface area contributed by atoms with Crippen LogP contribution in [0.3, 0.4) is 0 Å². The van der Waals surface area contributed by atoms with Crippen molar-refractivity contribution in [2.24, 2.45) is 0 Å². The third-order valence-corrected chi connectivity index (χ3v) is 3.69. The Kier molecular flexibility index (Phi) is 3.38. The molecule has 5 heteroatoms. The molecule has 2 heterocycles. The summed E-state index contributed by atoms with van der Waals surface area (Å²) in [6.45, 7) is 3.90. The molecular formula is C12H20N2O3. The van der Waals surface area contributed by atoms with Gasteiger partial charge < -0.3 is 14.9 Å². The van der Waals surface area contributed by atoms with Crippen LogP contribution in [0.5, 0.6) is 0 Å². The van der Waals surface area contributed by atoms with Gasteiger partial charge in [-0.25, -0.2) is 0 Å². The number of aliphatic hydroxyl groups is 1. The van der Waals surface area contributed by atoms with E-state index >= 15 is 0 Å². The fourth-order valence-electron chi connectivity index (χ4n) is 2.37. The van der Waals surface area contributed by atoms with Crippen LogP contribution in [0.15, 0.2) is 0 Å². The molecule has 0 saturated carbocycles. The molecule has 0 aromatic carbocycles. The molecule has 0 atom stereocenters. The summed E-state index contributed by atoms with van der Waals surface area (Å²) in [5.74, 6) is 0.0955. The molecule has 0 aliphatic carbocycles. The highest BCUT2D eigenvalue weighted by molar-refractivity contribution is 5.85. The number of carbonyl (C=O) groups is 2. The van der Waals surface area contributed by atoms with Crippen molar-refractivity contribution in [3.05, 3.63) is 0 Å². The van der Waals surface area contributed by atoms with Crippen LogP contribution < -0.4 is 0 Å². The second kappa shape index (κ2) is 4.64. The Labute approximate surface area is 101 Å². The summed E-state index contributed by atoms with van der Waals surface area (Å²) in [6, 6.07) is 0. The Bertz CT molecular complexity index is 318. The van der Waals surface area contributed by atoms with Crippen LogP contribution in [0.2, 0.25) is 0 Å². The summed E-state index contributed by atoms with van der Waals surface area (Å²) in [5, 5.41) is 9.80. The summed E-state index contributed by atoms with van der Waals surface area (Å²) in [6.07, 6.45) is 2.67. The van der Waals surface area contributed by atoms with Gasteiger partial charge in [0.1, 0.15) is 0 Å². The van der Waals surface area contributed by atoms with Crippen LogP contribution in [0.25, 0.3) is 0 Å². The second-order valence-corrected chi connectivity index (χ2v) is 5.30. The van der Waals surface area contributed by atoms with Crippen LogP contribution in [0, 0.1) is 0 Å².